The van der Waals surface area contributed by atoms with E-state index in [1.807, 2.05) is 0 Å². The first kappa shape index (κ1) is 32.8. The summed E-state index contributed by atoms with van der Waals surface area (Å²) in [4.78, 5) is 13.2. The van der Waals surface area contributed by atoms with Crippen molar-refractivity contribution in [2.24, 2.45) is 11.3 Å². The second kappa shape index (κ2) is 11.9. The minimum atomic E-state index is -4.53. The Labute approximate surface area is 237 Å². The predicted octanol–water partition coefficient (Wildman–Crippen LogP) is 6.03. The number of carbonyl (C=O) groups excluding carboxylic acids is 1. The van der Waals surface area contributed by atoms with Gasteiger partial charge in [-0.2, -0.15) is 27.1 Å². The lowest BCUT2D eigenvalue weighted by molar-refractivity contribution is -0.211. The number of benzene rings is 1. The molecule has 3 rings (SSSR count). The van der Waals surface area contributed by atoms with Crippen LogP contribution in [0.1, 0.15) is 81.9 Å². The van der Waals surface area contributed by atoms with Gasteiger partial charge >= 0.3 is 12.8 Å². The molecule has 2 aromatic rings. The highest BCUT2D eigenvalue weighted by Crippen LogP contribution is 2.42. The molecule has 230 valence electrons. The average molecular weight is 590 g/mol. The van der Waals surface area contributed by atoms with Crippen LogP contribution in [0.25, 0.3) is 11.3 Å². The minimum absolute atomic E-state index is 0.00904. The van der Waals surface area contributed by atoms with E-state index in [2.05, 4.69) is 17.3 Å². The van der Waals surface area contributed by atoms with Crippen molar-refractivity contribution in [3.05, 3.63) is 35.0 Å². The Balaban J connectivity index is 2.03. The van der Waals surface area contributed by atoms with Crippen LogP contribution in [0, 0.1) is 18.3 Å². The Morgan fingerprint density at radius 1 is 1.20 bits per heavy atom. The number of aromatic nitrogens is 2. The van der Waals surface area contributed by atoms with E-state index in [0.717, 1.165) is 32.8 Å². The van der Waals surface area contributed by atoms with Gasteiger partial charge in [-0.05, 0) is 76.5 Å². The molecule has 0 bridgehead atoms. The molecule has 1 heterocycles. The standard InChI is InChI=1S/C29H40F5N3O4/c1-17-9-11-28(40,12-10-17)15-35-24(38)22-18(2)23(37(36-22)16-27(5,6)39)20-8-7-19(13-21(20)41-25(30)31)14-26(3,4)29(32,33)34/h7-8,13,17,25,39-40H,9-12,14-16H2,1-6H3,(H,35,38). The van der Waals surface area contributed by atoms with Crippen molar-refractivity contribution < 1.29 is 41.7 Å². The smallest absolute Gasteiger partial charge is 0.394 e. The van der Waals surface area contributed by atoms with Crippen LogP contribution in [0.5, 0.6) is 5.75 Å². The Morgan fingerprint density at radius 2 is 1.80 bits per heavy atom. The minimum Gasteiger partial charge on any atom is -0.434 e. The van der Waals surface area contributed by atoms with Crippen molar-refractivity contribution in [1.82, 2.24) is 15.1 Å². The van der Waals surface area contributed by atoms with Crippen molar-refractivity contribution in [3.8, 4) is 17.0 Å². The molecule has 3 N–H and O–H groups in total. The Hall–Kier alpha value is -2.73. The lowest BCUT2D eigenvalue weighted by Crippen LogP contribution is -2.45. The summed E-state index contributed by atoms with van der Waals surface area (Å²) < 4.78 is 73.5. The molecule has 12 heteroatoms. The fourth-order valence-electron chi connectivity index (χ4n) is 5.07. The molecule has 0 spiro atoms. The molecule has 7 nitrogen and oxygen atoms in total. The number of hydrogen-bond acceptors (Lipinski definition) is 5. The molecule has 1 aromatic carbocycles. The Bertz CT molecular complexity index is 1230. The lowest BCUT2D eigenvalue weighted by atomic mass is 9.79. The van der Waals surface area contributed by atoms with Crippen LogP contribution in [0.15, 0.2) is 18.2 Å². The number of alkyl halides is 5. The average Bonchev–Trinajstić information content (AvgIpc) is 3.12. The molecule has 1 aliphatic rings. The number of nitrogens with zero attached hydrogens (tertiary/aromatic N) is 2. The normalized spacial score (nSPS) is 20.4. The molecule has 0 unspecified atom stereocenters. The maximum Gasteiger partial charge on any atom is 0.394 e. The van der Waals surface area contributed by atoms with Gasteiger partial charge in [0.05, 0.1) is 28.9 Å². The van der Waals surface area contributed by atoms with Gasteiger partial charge in [0, 0.05) is 17.7 Å². The summed E-state index contributed by atoms with van der Waals surface area (Å²) in [6.07, 6.45) is -2.26. The number of amides is 1. The predicted molar refractivity (Wildman–Crippen MR) is 144 cm³/mol. The third kappa shape index (κ3) is 8.18. The molecule has 1 saturated carbocycles. The second-order valence-corrected chi connectivity index (χ2v) is 12.6. The summed E-state index contributed by atoms with van der Waals surface area (Å²) in [6, 6.07) is 3.88. The third-order valence-electron chi connectivity index (χ3n) is 7.65. The van der Waals surface area contributed by atoms with Gasteiger partial charge in [-0.3, -0.25) is 9.48 Å². The van der Waals surface area contributed by atoms with Gasteiger partial charge in [0.15, 0.2) is 5.69 Å². The van der Waals surface area contributed by atoms with Crippen LogP contribution in [0.2, 0.25) is 0 Å². The van der Waals surface area contributed by atoms with E-state index in [1.165, 1.54) is 30.7 Å². The molecule has 1 fully saturated rings. The van der Waals surface area contributed by atoms with E-state index < -0.39 is 41.7 Å². The first-order valence-electron chi connectivity index (χ1n) is 13.7. The highest BCUT2D eigenvalue weighted by atomic mass is 19.4. The highest BCUT2D eigenvalue weighted by Gasteiger charge is 2.47. The number of aliphatic hydroxyl groups is 2. The summed E-state index contributed by atoms with van der Waals surface area (Å²) >= 11 is 0. The molecule has 41 heavy (non-hydrogen) atoms. The molecular weight excluding hydrogens is 549 g/mol. The fraction of sp³-hybridized carbons (Fsp3) is 0.655. The van der Waals surface area contributed by atoms with Gasteiger partial charge in [-0.1, -0.05) is 26.8 Å². The number of rotatable bonds is 10. The molecule has 1 aliphatic carbocycles. The van der Waals surface area contributed by atoms with Gasteiger partial charge in [0.1, 0.15) is 5.75 Å². The van der Waals surface area contributed by atoms with Crippen LogP contribution >= 0.6 is 0 Å². The number of ether oxygens (including phenoxy) is 1. The molecule has 1 aromatic heterocycles. The van der Waals surface area contributed by atoms with E-state index in [-0.39, 0.29) is 41.4 Å². The van der Waals surface area contributed by atoms with E-state index in [1.54, 1.807) is 6.92 Å². The maximum atomic E-state index is 13.5. The van der Waals surface area contributed by atoms with Crippen molar-refractivity contribution in [2.45, 2.75) is 104 Å². The quantitative estimate of drug-likeness (QED) is 0.294. The van der Waals surface area contributed by atoms with Gasteiger partial charge in [-0.15, -0.1) is 0 Å². The monoisotopic (exact) mass is 589 g/mol. The fourth-order valence-corrected chi connectivity index (χ4v) is 5.07. The van der Waals surface area contributed by atoms with E-state index in [9.17, 15) is 37.0 Å². The van der Waals surface area contributed by atoms with Crippen LogP contribution in [0.3, 0.4) is 0 Å². The van der Waals surface area contributed by atoms with Crippen molar-refractivity contribution in [1.29, 1.82) is 0 Å². The van der Waals surface area contributed by atoms with Crippen LogP contribution in [-0.2, 0) is 13.0 Å². The van der Waals surface area contributed by atoms with Crippen molar-refractivity contribution in [3.63, 3.8) is 0 Å². The third-order valence-corrected chi connectivity index (χ3v) is 7.65. The first-order chi connectivity index (χ1) is 18.7. The first-order valence-corrected chi connectivity index (χ1v) is 13.7. The molecule has 1 amide bonds. The van der Waals surface area contributed by atoms with Gasteiger partial charge in [0.2, 0.25) is 0 Å². The Kier molecular flexibility index (Phi) is 9.49. The summed E-state index contributed by atoms with van der Waals surface area (Å²) in [6.45, 7) is 5.32. The Morgan fingerprint density at radius 3 is 2.34 bits per heavy atom. The topological polar surface area (TPSA) is 96.6 Å². The maximum absolute atomic E-state index is 13.5. The van der Waals surface area contributed by atoms with Crippen LogP contribution in [0.4, 0.5) is 22.0 Å². The largest absolute Gasteiger partial charge is 0.434 e. The number of carbonyl (C=O) groups is 1. The number of halogens is 5. The number of nitrogens with one attached hydrogen (secondary N) is 1. The van der Waals surface area contributed by atoms with E-state index in [0.29, 0.717) is 24.3 Å². The molecular formula is C29H40F5N3O4. The molecule has 0 aliphatic heterocycles. The number of hydrogen-bond donors (Lipinski definition) is 3. The summed E-state index contributed by atoms with van der Waals surface area (Å²) in [7, 11) is 0. The molecule has 0 saturated heterocycles. The zero-order chi connectivity index (χ0) is 31.0. The summed E-state index contributed by atoms with van der Waals surface area (Å²) in [5.41, 5.74) is -3.85. The van der Waals surface area contributed by atoms with Gasteiger partial charge in [-0.25, -0.2) is 0 Å². The van der Waals surface area contributed by atoms with E-state index >= 15 is 0 Å². The summed E-state index contributed by atoms with van der Waals surface area (Å²) in [5.74, 6) is -0.484. The van der Waals surface area contributed by atoms with Crippen molar-refractivity contribution >= 4 is 5.91 Å². The van der Waals surface area contributed by atoms with E-state index in [4.69, 9.17) is 4.74 Å². The van der Waals surface area contributed by atoms with Gasteiger partial charge < -0.3 is 20.3 Å². The zero-order valence-corrected chi connectivity index (χ0v) is 24.3. The SMILES string of the molecule is Cc1c(C(=O)NCC2(O)CCC(C)CC2)nn(CC(C)(C)O)c1-c1ccc(CC(C)(C)C(F)(F)F)cc1OC(F)F. The van der Waals surface area contributed by atoms with Crippen LogP contribution < -0.4 is 10.1 Å². The van der Waals surface area contributed by atoms with Crippen molar-refractivity contribution in [2.75, 3.05) is 6.54 Å². The molecule has 0 radical (unpaired) electrons. The zero-order valence-electron chi connectivity index (χ0n) is 24.3. The second-order valence-electron chi connectivity index (χ2n) is 12.6. The summed E-state index contributed by atoms with van der Waals surface area (Å²) in [5, 5.41) is 28.5. The van der Waals surface area contributed by atoms with Crippen LogP contribution in [-0.4, -0.2) is 56.4 Å². The lowest BCUT2D eigenvalue weighted by Gasteiger charge is -2.34. The van der Waals surface area contributed by atoms with Gasteiger partial charge in [0.25, 0.3) is 5.91 Å². The highest BCUT2D eigenvalue weighted by molar-refractivity contribution is 5.95. The molecule has 0 atom stereocenters.